The minimum absolute atomic E-state index is 0.0168. The Morgan fingerprint density at radius 2 is 2.08 bits per heavy atom. The molecule has 2 rings (SSSR count). The van der Waals surface area contributed by atoms with E-state index in [4.69, 9.17) is 4.74 Å². The van der Waals surface area contributed by atoms with Crippen LogP contribution < -0.4 is 0 Å². The predicted octanol–water partition coefficient (Wildman–Crippen LogP) is 4.66. The number of Topliss-reactive ketones (excluding diaryl/α,β-unsaturated/α-hetero) is 1. The van der Waals surface area contributed by atoms with Crippen molar-refractivity contribution < 1.29 is 14.6 Å². The molecular formula is C21H32O3. The Labute approximate surface area is 146 Å². The molecule has 1 saturated heterocycles. The van der Waals surface area contributed by atoms with E-state index in [0.29, 0.717) is 12.5 Å². The third-order valence-electron chi connectivity index (χ3n) is 5.67. The number of hydrogen-bond acceptors (Lipinski definition) is 3. The minimum Gasteiger partial charge on any atom is -0.386 e. The Kier molecular flexibility index (Phi) is 5.87. The predicted molar refractivity (Wildman–Crippen MR) is 97.9 cm³/mol. The first kappa shape index (κ1) is 19.1. The molecule has 1 aliphatic carbocycles. The summed E-state index contributed by atoms with van der Waals surface area (Å²) < 4.78 is 5.89. The lowest BCUT2D eigenvalue weighted by Gasteiger charge is -2.25. The van der Waals surface area contributed by atoms with E-state index in [9.17, 15) is 9.90 Å². The molecule has 1 aliphatic heterocycles. The Bertz CT molecular complexity index is 580. The second-order valence-corrected chi connectivity index (χ2v) is 7.82. The zero-order valence-corrected chi connectivity index (χ0v) is 15.8. The molecule has 0 spiro atoms. The van der Waals surface area contributed by atoms with E-state index in [-0.39, 0.29) is 17.8 Å². The van der Waals surface area contributed by atoms with E-state index in [2.05, 4.69) is 19.9 Å². The fourth-order valence-corrected chi connectivity index (χ4v) is 3.22. The van der Waals surface area contributed by atoms with Gasteiger partial charge >= 0.3 is 0 Å². The molecule has 134 valence electrons. The molecule has 1 heterocycles. The van der Waals surface area contributed by atoms with E-state index in [1.165, 1.54) is 5.57 Å². The molecule has 3 atom stereocenters. The number of ether oxygens (including phenoxy) is 1. The van der Waals surface area contributed by atoms with Crippen LogP contribution >= 0.6 is 0 Å². The molecule has 2 aliphatic rings. The Morgan fingerprint density at radius 3 is 2.75 bits per heavy atom. The van der Waals surface area contributed by atoms with Gasteiger partial charge in [0.1, 0.15) is 0 Å². The first-order valence-electron chi connectivity index (χ1n) is 9.15. The van der Waals surface area contributed by atoms with E-state index in [1.807, 2.05) is 26.0 Å². The highest BCUT2D eigenvalue weighted by molar-refractivity contribution is 5.96. The van der Waals surface area contributed by atoms with Crippen LogP contribution in [0.5, 0.6) is 0 Å². The summed E-state index contributed by atoms with van der Waals surface area (Å²) in [5.74, 6) is 0.0940. The number of aliphatic hydroxyl groups is 1. The summed E-state index contributed by atoms with van der Waals surface area (Å²) in [5, 5.41) is 10.6. The summed E-state index contributed by atoms with van der Waals surface area (Å²) in [4.78, 5) is 12.5. The van der Waals surface area contributed by atoms with Gasteiger partial charge in [0.2, 0.25) is 0 Å². The molecule has 1 N–H and O–H groups in total. The van der Waals surface area contributed by atoms with Gasteiger partial charge in [-0.2, -0.15) is 0 Å². The normalized spacial score (nSPS) is 38.3. The highest BCUT2D eigenvalue weighted by atomic mass is 16.6. The molecule has 0 aromatic carbocycles. The van der Waals surface area contributed by atoms with E-state index in [0.717, 1.165) is 36.8 Å². The van der Waals surface area contributed by atoms with Crippen molar-refractivity contribution in [2.24, 2.45) is 0 Å². The van der Waals surface area contributed by atoms with Gasteiger partial charge in [-0.1, -0.05) is 30.7 Å². The summed E-state index contributed by atoms with van der Waals surface area (Å²) in [5.41, 5.74) is 1.88. The van der Waals surface area contributed by atoms with Gasteiger partial charge in [0.15, 0.2) is 5.78 Å². The molecule has 0 saturated carbocycles. The number of rotatable bonds is 2. The number of allylic oxidation sites excluding steroid dienone is 5. The minimum atomic E-state index is -0.942. The van der Waals surface area contributed by atoms with Crippen LogP contribution in [0.15, 0.2) is 34.9 Å². The molecule has 1 fully saturated rings. The lowest BCUT2D eigenvalue weighted by Crippen LogP contribution is -2.27. The molecule has 3 heteroatoms. The Hall–Kier alpha value is -1.19. The van der Waals surface area contributed by atoms with Crippen molar-refractivity contribution in [3.05, 3.63) is 34.9 Å². The third kappa shape index (κ3) is 4.67. The lowest BCUT2D eigenvalue weighted by molar-refractivity contribution is -0.115. The van der Waals surface area contributed by atoms with Crippen LogP contribution in [0.4, 0.5) is 0 Å². The highest BCUT2D eigenvalue weighted by Crippen LogP contribution is 2.43. The maximum Gasteiger partial charge on any atom is 0.162 e. The van der Waals surface area contributed by atoms with Crippen LogP contribution in [0.1, 0.15) is 73.1 Å². The maximum atomic E-state index is 12.5. The number of ketones is 1. The molecule has 24 heavy (non-hydrogen) atoms. The van der Waals surface area contributed by atoms with Crippen molar-refractivity contribution in [1.82, 2.24) is 0 Å². The van der Waals surface area contributed by atoms with Crippen molar-refractivity contribution in [3.63, 3.8) is 0 Å². The van der Waals surface area contributed by atoms with Crippen LogP contribution in [0.3, 0.4) is 0 Å². The second-order valence-electron chi connectivity index (χ2n) is 7.82. The number of hydrogen-bond donors (Lipinski definition) is 1. The van der Waals surface area contributed by atoms with Crippen molar-refractivity contribution in [3.8, 4) is 0 Å². The Morgan fingerprint density at radius 1 is 1.38 bits per heavy atom. The largest absolute Gasteiger partial charge is 0.386 e. The molecule has 3 unspecified atom stereocenters. The summed E-state index contributed by atoms with van der Waals surface area (Å²) >= 11 is 0. The monoisotopic (exact) mass is 332 g/mol. The van der Waals surface area contributed by atoms with Crippen LogP contribution in [-0.4, -0.2) is 28.2 Å². The average Bonchev–Trinajstić information content (AvgIpc) is 3.18. The molecule has 0 amide bonds. The SMILES string of the molecule is CCC(C)(O)/C1=C/C=C(\C)CCC2OC2(C)CC/C=C(\C)C(=O)C1. The number of carbonyl (C=O) groups excluding carboxylic acids is 1. The van der Waals surface area contributed by atoms with Gasteiger partial charge in [-0.05, 0) is 70.9 Å². The first-order valence-corrected chi connectivity index (χ1v) is 9.15. The van der Waals surface area contributed by atoms with E-state index in [1.54, 1.807) is 6.92 Å². The molecule has 0 bridgehead atoms. The number of fused-ring (bicyclic) bond motifs is 1. The molecule has 3 nitrogen and oxygen atoms in total. The zero-order valence-electron chi connectivity index (χ0n) is 15.8. The first-order chi connectivity index (χ1) is 11.2. The molecular weight excluding hydrogens is 300 g/mol. The van der Waals surface area contributed by atoms with Crippen molar-refractivity contribution in [1.29, 1.82) is 0 Å². The van der Waals surface area contributed by atoms with Crippen molar-refractivity contribution >= 4 is 5.78 Å². The van der Waals surface area contributed by atoms with Crippen LogP contribution in [0.2, 0.25) is 0 Å². The summed E-state index contributed by atoms with van der Waals surface area (Å²) in [7, 11) is 0. The lowest BCUT2D eigenvalue weighted by atomic mass is 9.87. The van der Waals surface area contributed by atoms with Gasteiger partial charge in [0.25, 0.3) is 0 Å². The average molecular weight is 332 g/mol. The van der Waals surface area contributed by atoms with Crippen LogP contribution in [-0.2, 0) is 9.53 Å². The number of carbonyl (C=O) groups is 1. The van der Waals surface area contributed by atoms with Crippen LogP contribution in [0, 0.1) is 0 Å². The zero-order chi connectivity index (χ0) is 18.0. The molecule has 0 radical (unpaired) electrons. The summed E-state index contributed by atoms with van der Waals surface area (Å²) in [6, 6.07) is 0. The smallest absolute Gasteiger partial charge is 0.162 e. The summed E-state index contributed by atoms with van der Waals surface area (Å²) in [6.07, 6.45) is 11.1. The standard InChI is InChI=1S/C21H32O3/c1-6-20(4,23)17-11-9-15(2)10-12-19-21(5,24-19)13-7-8-16(3)18(22)14-17/h8-9,11,19,23H,6-7,10,12-14H2,1-5H3/b15-9+,16-8+,17-11+. The second kappa shape index (κ2) is 7.37. The van der Waals surface area contributed by atoms with Gasteiger partial charge in [-0.15, -0.1) is 0 Å². The summed E-state index contributed by atoms with van der Waals surface area (Å²) in [6.45, 7) is 9.89. The van der Waals surface area contributed by atoms with Crippen LogP contribution in [0.25, 0.3) is 0 Å². The van der Waals surface area contributed by atoms with Gasteiger partial charge in [-0.3, -0.25) is 4.79 Å². The van der Waals surface area contributed by atoms with Gasteiger partial charge < -0.3 is 9.84 Å². The maximum absolute atomic E-state index is 12.5. The highest BCUT2D eigenvalue weighted by Gasteiger charge is 2.50. The van der Waals surface area contributed by atoms with E-state index < -0.39 is 5.60 Å². The fourth-order valence-electron chi connectivity index (χ4n) is 3.22. The topological polar surface area (TPSA) is 49.8 Å². The van der Waals surface area contributed by atoms with Gasteiger partial charge in [0, 0.05) is 6.42 Å². The van der Waals surface area contributed by atoms with Crippen molar-refractivity contribution in [2.45, 2.75) is 90.4 Å². The quantitative estimate of drug-likeness (QED) is 0.748. The Balaban J connectivity index is 2.27. The van der Waals surface area contributed by atoms with Gasteiger partial charge in [-0.25, -0.2) is 0 Å². The fraction of sp³-hybridized carbons (Fsp3) is 0.667. The third-order valence-corrected chi connectivity index (χ3v) is 5.67. The molecule has 0 aromatic rings. The molecule has 0 aromatic heterocycles. The van der Waals surface area contributed by atoms with E-state index >= 15 is 0 Å². The van der Waals surface area contributed by atoms with Crippen molar-refractivity contribution in [2.75, 3.05) is 0 Å². The van der Waals surface area contributed by atoms with Gasteiger partial charge in [0.05, 0.1) is 17.3 Å². The number of epoxide rings is 1.